The lowest BCUT2D eigenvalue weighted by atomic mass is 9.86. The largest absolute Gasteiger partial charge is 0.493 e. The first-order valence-corrected chi connectivity index (χ1v) is 8.35. The predicted molar refractivity (Wildman–Crippen MR) is 100 cm³/mol. The fraction of sp³-hybridized carbons (Fsp3) is 0.400. The van der Waals surface area contributed by atoms with Crippen molar-refractivity contribution in [1.82, 2.24) is 0 Å². The van der Waals surface area contributed by atoms with Gasteiger partial charge in [-0.05, 0) is 30.0 Å². The third-order valence-electron chi connectivity index (χ3n) is 4.17. The number of nitro benzene ring substituents is 1. The van der Waals surface area contributed by atoms with Crippen LogP contribution in [0, 0.1) is 10.1 Å². The second kappa shape index (κ2) is 7.64. The summed E-state index contributed by atoms with van der Waals surface area (Å²) in [4.78, 5) is 11.1. The Bertz CT molecular complexity index is 795. The first-order valence-electron chi connectivity index (χ1n) is 8.35. The van der Waals surface area contributed by atoms with Crippen molar-refractivity contribution in [2.45, 2.75) is 39.2 Å². The van der Waals surface area contributed by atoms with Crippen LogP contribution < -0.4 is 14.2 Å². The minimum Gasteiger partial charge on any atom is -0.493 e. The van der Waals surface area contributed by atoms with Crippen LogP contribution in [0.5, 0.6) is 17.2 Å². The normalized spacial score (nSPS) is 12.4. The molecule has 2 aromatic rings. The molecular weight excluding hydrogens is 334 g/mol. The second-order valence-electron chi connectivity index (χ2n) is 7.03. The number of para-hydroxylation sites is 1. The first-order chi connectivity index (χ1) is 12.2. The smallest absolute Gasteiger partial charge is 0.280 e. The monoisotopic (exact) mass is 359 g/mol. The van der Waals surface area contributed by atoms with E-state index in [0.717, 1.165) is 5.56 Å². The highest BCUT2D eigenvalue weighted by atomic mass is 16.6. The van der Waals surface area contributed by atoms with Crippen LogP contribution in [0.3, 0.4) is 0 Å². The number of hydrogen-bond donors (Lipinski definition) is 0. The fourth-order valence-corrected chi connectivity index (χ4v) is 2.81. The number of nitro groups is 1. The zero-order chi connectivity index (χ0) is 19.5. The van der Waals surface area contributed by atoms with Crippen molar-refractivity contribution >= 4 is 5.69 Å². The van der Waals surface area contributed by atoms with Crippen LogP contribution in [0.1, 0.15) is 44.9 Å². The van der Waals surface area contributed by atoms with Crippen LogP contribution in [0.15, 0.2) is 36.4 Å². The Morgan fingerprint density at radius 1 is 1.00 bits per heavy atom. The van der Waals surface area contributed by atoms with Gasteiger partial charge in [-0.3, -0.25) is 10.1 Å². The Hall–Kier alpha value is -2.76. The minimum absolute atomic E-state index is 0.0663. The number of benzene rings is 2. The molecule has 0 fully saturated rings. The molecule has 26 heavy (non-hydrogen) atoms. The average Bonchev–Trinajstić information content (AvgIpc) is 2.59. The lowest BCUT2D eigenvalue weighted by Gasteiger charge is -2.25. The van der Waals surface area contributed by atoms with Gasteiger partial charge in [-0.2, -0.15) is 0 Å². The molecule has 0 heterocycles. The SMILES string of the molecule is COc1cc(C(C)Oc2ccccc2C(C)(C)C)c([N+](=O)[O-])cc1OC. The van der Waals surface area contributed by atoms with E-state index in [1.165, 1.54) is 20.3 Å². The fourth-order valence-electron chi connectivity index (χ4n) is 2.81. The van der Waals surface area contributed by atoms with E-state index in [1.807, 2.05) is 24.3 Å². The highest BCUT2D eigenvalue weighted by molar-refractivity contribution is 5.55. The number of hydrogen-bond acceptors (Lipinski definition) is 5. The molecule has 1 unspecified atom stereocenters. The van der Waals surface area contributed by atoms with Gasteiger partial charge in [0.25, 0.3) is 5.69 Å². The summed E-state index contributed by atoms with van der Waals surface area (Å²) in [6, 6.07) is 10.7. The van der Waals surface area contributed by atoms with Crippen LogP contribution in [0.2, 0.25) is 0 Å². The molecule has 0 amide bonds. The van der Waals surface area contributed by atoms with E-state index in [-0.39, 0.29) is 11.1 Å². The summed E-state index contributed by atoms with van der Waals surface area (Å²) in [5.74, 6) is 1.44. The first kappa shape index (κ1) is 19.6. The number of ether oxygens (including phenoxy) is 3. The third kappa shape index (κ3) is 4.07. The molecule has 0 radical (unpaired) electrons. The Morgan fingerprint density at radius 3 is 2.12 bits per heavy atom. The molecule has 140 valence electrons. The van der Waals surface area contributed by atoms with Gasteiger partial charge in [0.15, 0.2) is 11.5 Å². The molecule has 0 aliphatic rings. The number of rotatable bonds is 6. The van der Waals surface area contributed by atoms with Gasteiger partial charge in [0.1, 0.15) is 11.9 Å². The van der Waals surface area contributed by atoms with Gasteiger partial charge < -0.3 is 14.2 Å². The molecule has 0 spiro atoms. The molecule has 6 heteroatoms. The van der Waals surface area contributed by atoms with Crippen molar-refractivity contribution in [2.75, 3.05) is 14.2 Å². The molecule has 2 aromatic carbocycles. The van der Waals surface area contributed by atoms with Crippen LogP contribution in [0.25, 0.3) is 0 Å². The van der Waals surface area contributed by atoms with Crippen molar-refractivity contribution in [3.05, 3.63) is 57.6 Å². The van der Waals surface area contributed by atoms with Gasteiger partial charge in [0.2, 0.25) is 0 Å². The quantitative estimate of drug-likeness (QED) is 0.533. The number of methoxy groups -OCH3 is 2. The van der Waals surface area contributed by atoms with Gasteiger partial charge in [-0.1, -0.05) is 39.0 Å². The summed E-state index contributed by atoms with van der Waals surface area (Å²) in [6.45, 7) is 8.07. The zero-order valence-electron chi connectivity index (χ0n) is 16.0. The van der Waals surface area contributed by atoms with Gasteiger partial charge in [-0.25, -0.2) is 0 Å². The van der Waals surface area contributed by atoms with E-state index >= 15 is 0 Å². The van der Waals surface area contributed by atoms with Gasteiger partial charge in [0.05, 0.1) is 30.8 Å². The number of nitrogens with zero attached hydrogens (tertiary/aromatic N) is 1. The van der Waals surface area contributed by atoms with Crippen LogP contribution in [0.4, 0.5) is 5.69 Å². The maximum absolute atomic E-state index is 11.5. The van der Waals surface area contributed by atoms with E-state index in [2.05, 4.69) is 20.8 Å². The maximum Gasteiger partial charge on any atom is 0.280 e. The van der Waals surface area contributed by atoms with Crippen molar-refractivity contribution in [3.8, 4) is 17.2 Å². The predicted octanol–water partition coefficient (Wildman–Crippen LogP) is 5.05. The Labute approximate surface area is 153 Å². The summed E-state index contributed by atoms with van der Waals surface area (Å²) < 4.78 is 16.6. The third-order valence-corrected chi connectivity index (χ3v) is 4.17. The van der Waals surface area contributed by atoms with Crippen molar-refractivity contribution in [3.63, 3.8) is 0 Å². The van der Waals surface area contributed by atoms with E-state index < -0.39 is 11.0 Å². The summed E-state index contributed by atoms with van der Waals surface area (Å²) in [7, 11) is 2.94. The van der Waals surface area contributed by atoms with Gasteiger partial charge in [0, 0.05) is 0 Å². The molecule has 0 aliphatic heterocycles. The van der Waals surface area contributed by atoms with Crippen LogP contribution >= 0.6 is 0 Å². The minimum atomic E-state index is -0.543. The van der Waals surface area contributed by atoms with Crippen molar-refractivity contribution in [1.29, 1.82) is 0 Å². The summed E-state index contributed by atoms with van der Waals surface area (Å²) in [5, 5.41) is 11.5. The molecule has 0 bridgehead atoms. The second-order valence-corrected chi connectivity index (χ2v) is 7.03. The van der Waals surface area contributed by atoms with E-state index in [9.17, 15) is 10.1 Å². The molecular formula is C20H25NO5. The topological polar surface area (TPSA) is 70.8 Å². The molecule has 2 rings (SSSR count). The Balaban J connectivity index is 2.48. The average molecular weight is 359 g/mol. The maximum atomic E-state index is 11.5. The standard InChI is InChI=1S/C20H25NO5/c1-13(26-17-10-8-7-9-15(17)20(2,3)4)14-11-18(24-5)19(25-6)12-16(14)21(22)23/h7-13H,1-6H3. The van der Waals surface area contributed by atoms with E-state index in [4.69, 9.17) is 14.2 Å². The lowest BCUT2D eigenvalue weighted by Crippen LogP contribution is -2.15. The summed E-state index contributed by atoms with van der Waals surface area (Å²) >= 11 is 0. The van der Waals surface area contributed by atoms with E-state index in [0.29, 0.717) is 22.8 Å². The molecule has 0 aromatic heterocycles. The lowest BCUT2D eigenvalue weighted by molar-refractivity contribution is -0.386. The zero-order valence-corrected chi connectivity index (χ0v) is 16.0. The van der Waals surface area contributed by atoms with Crippen LogP contribution in [-0.2, 0) is 5.41 Å². The summed E-state index contributed by atoms with van der Waals surface area (Å²) in [6.07, 6.45) is -0.543. The Kier molecular flexibility index (Phi) is 5.75. The van der Waals surface area contributed by atoms with Gasteiger partial charge >= 0.3 is 0 Å². The Morgan fingerprint density at radius 2 is 1.58 bits per heavy atom. The van der Waals surface area contributed by atoms with E-state index in [1.54, 1.807) is 13.0 Å². The molecule has 6 nitrogen and oxygen atoms in total. The highest BCUT2D eigenvalue weighted by Gasteiger charge is 2.26. The summed E-state index contributed by atoms with van der Waals surface area (Å²) in [5.41, 5.74) is 1.29. The molecule has 1 atom stereocenters. The van der Waals surface area contributed by atoms with Crippen molar-refractivity contribution in [2.24, 2.45) is 0 Å². The molecule has 0 aliphatic carbocycles. The van der Waals surface area contributed by atoms with Gasteiger partial charge in [-0.15, -0.1) is 0 Å². The van der Waals surface area contributed by atoms with Crippen LogP contribution in [-0.4, -0.2) is 19.1 Å². The molecule has 0 N–H and O–H groups in total. The molecule has 0 saturated heterocycles. The van der Waals surface area contributed by atoms with Crippen molar-refractivity contribution < 1.29 is 19.1 Å². The molecule has 0 saturated carbocycles. The highest BCUT2D eigenvalue weighted by Crippen LogP contribution is 2.40.